The first-order valence-electron chi connectivity index (χ1n) is 6.27. The lowest BCUT2D eigenvalue weighted by Gasteiger charge is -2.16. The van der Waals surface area contributed by atoms with E-state index in [4.69, 9.17) is 5.73 Å². The van der Waals surface area contributed by atoms with Crippen molar-refractivity contribution in [3.05, 3.63) is 12.2 Å². The molecule has 0 unspecified atom stereocenters. The maximum absolute atomic E-state index is 5.69. The van der Waals surface area contributed by atoms with Crippen molar-refractivity contribution in [3.8, 4) is 0 Å². The van der Waals surface area contributed by atoms with Crippen molar-refractivity contribution in [2.45, 2.75) is 41.0 Å². The Balaban J connectivity index is 2.34. The van der Waals surface area contributed by atoms with Gasteiger partial charge in [-0.1, -0.05) is 46.8 Å². The number of nitrogens with two attached hydrogens (primary N) is 1. The van der Waals surface area contributed by atoms with Crippen LogP contribution >= 0.6 is 0 Å². The minimum Gasteiger partial charge on any atom is -0.330 e. The van der Waals surface area contributed by atoms with Crippen molar-refractivity contribution in [3.63, 3.8) is 0 Å². The molecule has 0 aliphatic heterocycles. The molecule has 1 rings (SSSR count). The van der Waals surface area contributed by atoms with E-state index in [0.717, 1.165) is 30.2 Å². The number of allylic oxidation sites excluding steroid dienone is 1. The zero-order valence-electron chi connectivity index (χ0n) is 11.0. The summed E-state index contributed by atoms with van der Waals surface area (Å²) in [6.07, 6.45) is 5.87. The summed E-state index contributed by atoms with van der Waals surface area (Å²) in [5.41, 5.74) is 5.86. The third kappa shape index (κ3) is 3.34. The Bertz CT molecular complexity index is 227. The van der Waals surface area contributed by atoms with Gasteiger partial charge in [-0.2, -0.15) is 0 Å². The van der Waals surface area contributed by atoms with Crippen LogP contribution in [0.15, 0.2) is 12.2 Å². The summed E-state index contributed by atoms with van der Waals surface area (Å²) in [5, 5.41) is 0. The van der Waals surface area contributed by atoms with Crippen molar-refractivity contribution in [1.82, 2.24) is 0 Å². The molecule has 1 aliphatic carbocycles. The van der Waals surface area contributed by atoms with Gasteiger partial charge in [0, 0.05) is 6.54 Å². The van der Waals surface area contributed by atoms with Gasteiger partial charge in [-0.3, -0.25) is 0 Å². The predicted molar refractivity (Wildman–Crippen MR) is 67.6 cm³/mol. The zero-order chi connectivity index (χ0) is 11.6. The van der Waals surface area contributed by atoms with E-state index in [1.54, 1.807) is 0 Å². The Kier molecular flexibility index (Phi) is 3.99. The van der Waals surface area contributed by atoms with Crippen molar-refractivity contribution in [1.29, 1.82) is 0 Å². The van der Waals surface area contributed by atoms with Gasteiger partial charge in [0.25, 0.3) is 0 Å². The Labute approximate surface area is 95.1 Å². The monoisotopic (exact) mass is 209 g/mol. The van der Waals surface area contributed by atoms with Crippen molar-refractivity contribution in [2.24, 2.45) is 34.8 Å². The molecule has 2 N–H and O–H groups in total. The molecule has 0 radical (unpaired) electrons. The highest BCUT2D eigenvalue weighted by Crippen LogP contribution is 2.52. The average molecular weight is 209 g/mol. The van der Waals surface area contributed by atoms with E-state index in [1.807, 2.05) is 0 Å². The maximum Gasteiger partial charge on any atom is 0.000886 e. The highest BCUT2D eigenvalue weighted by atomic mass is 14.6. The molecule has 1 heteroatoms. The molecule has 0 spiro atoms. The lowest BCUT2D eigenvalue weighted by molar-refractivity contribution is 0.489. The van der Waals surface area contributed by atoms with Crippen LogP contribution in [0.3, 0.4) is 0 Å². The topological polar surface area (TPSA) is 26.0 Å². The average Bonchev–Trinajstić information content (AvgIpc) is 2.77. The van der Waals surface area contributed by atoms with Crippen molar-refractivity contribution < 1.29 is 0 Å². The van der Waals surface area contributed by atoms with Crippen molar-refractivity contribution in [2.75, 3.05) is 6.54 Å². The molecular weight excluding hydrogens is 182 g/mol. The van der Waals surface area contributed by atoms with Gasteiger partial charge in [0.05, 0.1) is 0 Å². The van der Waals surface area contributed by atoms with Gasteiger partial charge >= 0.3 is 0 Å². The first kappa shape index (κ1) is 12.8. The van der Waals surface area contributed by atoms with E-state index in [9.17, 15) is 0 Å². The zero-order valence-corrected chi connectivity index (χ0v) is 11.0. The molecule has 0 aromatic heterocycles. The van der Waals surface area contributed by atoms with Crippen LogP contribution < -0.4 is 5.73 Å². The third-order valence-electron chi connectivity index (χ3n) is 3.91. The van der Waals surface area contributed by atoms with Gasteiger partial charge < -0.3 is 5.73 Å². The van der Waals surface area contributed by atoms with Gasteiger partial charge in [0.2, 0.25) is 0 Å². The largest absolute Gasteiger partial charge is 0.330 e. The number of rotatable bonds is 5. The van der Waals surface area contributed by atoms with Gasteiger partial charge in [-0.15, -0.1) is 0 Å². The standard InChI is InChI=1S/C14H27N/c1-10(2)13-11(3)12(13)7-6-8-14(4,5)9-15/h6,8,10-13H,7,9,15H2,1-5H3/b8-6-/t11-,12+,13-/m0/s1. The molecule has 0 saturated heterocycles. The molecule has 1 aliphatic rings. The van der Waals surface area contributed by atoms with Gasteiger partial charge in [0.1, 0.15) is 0 Å². The predicted octanol–water partition coefficient (Wildman–Crippen LogP) is 3.46. The Morgan fingerprint density at radius 2 is 1.93 bits per heavy atom. The van der Waals surface area contributed by atoms with E-state index in [2.05, 4.69) is 46.8 Å². The molecule has 1 nitrogen and oxygen atoms in total. The normalized spacial score (nSPS) is 31.5. The summed E-state index contributed by atoms with van der Waals surface area (Å²) in [5.74, 6) is 3.65. The fourth-order valence-corrected chi connectivity index (χ4v) is 2.67. The lowest BCUT2D eigenvalue weighted by Crippen LogP contribution is -2.20. The summed E-state index contributed by atoms with van der Waals surface area (Å²) in [7, 11) is 0. The molecule has 0 heterocycles. The quantitative estimate of drug-likeness (QED) is 0.690. The number of hydrogen-bond acceptors (Lipinski definition) is 1. The molecule has 0 amide bonds. The SMILES string of the molecule is CC(C)[C@H]1[C@@H](C)[C@H]1C/C=C\C(C)(C)CN. The Morgan fingerprint density at radius 1 is 1.33 bits per heavy atom. The fourth-order valence-electron chi connectivity index (χ4n) is 2.67. The fraction of sp³-hybridized carbons (Fsp3) is 0.857. The summed E-state index contributed by atoms with van der Waals surface area (Å²) < 4.78 is 0. The van der Waals surface area contributed by atoms with Crippen LogP contribution in [0.2, 0.25) is 0 Å². The third-order valence-corrected chi connectivity index (χ3v) is 3.91. The minimum absolute atomic E-state index is 0.172. The molecular formula is C14H27N. The summed E-state index contributed by atoms with van der Waals surface area (Å²) in [6.45, 7) is 12.2. The van der Waals surface area contributed by atoms with Crippen LogP contribution in [0, 0.1) is 29.1 Å². The molecule has 88 valence electrons. The second kappa shape index (κ2) is 4.69. The second-order valence-corrected chi connectivity index (χ2v) is 6.18. The highest BCUT2D eigenvalue weighted by Gasteiger charge is 2.46. The summed E-state index contributed by atoms with van der Waals surface area (Å²) >= 11 is 0. The van der Waals surface area contributed by atoms with E-state index in [1.165, 1.54) is 6.42 Å². The molecule has 0 aromatic rings. The lowest BCUT2D eigenvalue weighted by atomic mass is 9.92. The van der Waals surface area contributed by atoms with Crippen molar-refractivity contribution >= 4 is 0 Å². The molecule has 1 fully saturated rings. The Hall–Kier alpha value is -0.300. The highest BCUT2D eigenvalue weighted by molar-refractivity contribution is 5.03. The van der Waals surface area contributed by atoms with Crippen LogP contribution in [0.4, 0.5) is 0 Å². The second-order valence-electron chi connectivity index (χ2n) is 6.18. The summed E-state index contributed by atoms with van der Waals surface area (Å²) in [6, 6.07) is 0. The molecule has 1 saturated carbocycles. The first-order valence-corrected chi connectivity index (χ1v) is 6.27. The van der Waals surface area contributed by atoms with Crippen LogP contribution in [-0.2, 0) is 0 Å². The van der Waals surface area contributed by atoms with Crippen LogP contribution in [0.5, 0.6) is 0 Å². The summed E-state index contributed by atoms with van der Waals surface area (Å²) in [4.78, 5) is 0. The minimum atomic E-state index is 0.172. The first-order chi connectivity index (χ1) is 6.89. The van der Waals surface area contributed by atoms with Crippen LogP contribution in [0.1, 0.15) is 41.0 Å². The smallest absolute Gasteiger partial charge is 0.000886 e. The van der Waals surface area contributed by atoms with E-state index >= 15 is 0 Å². The number of hydrogen-bond donors (Lipinski definition) is 1. The van der Waals surface area contributed by atoms with E-state index < -0.39 is 0 Å². The van der Waals surface area contributed by atoms with Gasteiger partial charge in [-0.05, 0) is 35.5 Å². The Morgan fingerprint density at radius 3 is 2.33 bits per heavy atom. The van der Waals surface area contributed by atoms with E-state index in [-0.39, 0.29) is 5.41 Å². The van der Waals surface area contributed by atoms with Crippen LogP contribution in [-0.4, -0.2) is 6.54 Å². The van der Waals surface area contributed by atoms with E-state index in [0.29, 0.717) is 0 Å². The maximum atomic E-state index is 5.69. The molecule has 3 atom stereocenters. The molecule has 0 bridgehead atoms. The van der Waals surface area contributed by atoms with Gasteiger partial charge in [-0.25, -0.2) is 0 Å². The van der Waals surface area contributed by atoms with Gasteiger partial charge in [0.15, 0.2) is 0 Å². The van der Waals surface area contributed by atoms with Crippen LogP contribution in [0.25, 0.3) is 0 Å². The molecule has 0 aromatic carbocycles. The molecule has 15 heavy (non-hydrogen) atoms.